The number of methoxy groups -OCH3 is 1. The number of hydrogen-bond acceptors (Lipinski definition) is 5. The molecule has 2 rings (SSSR count). The lowest BCUT2D eigenvalue weighted by molar-refractivity contribution is -0.113. The Labute approximate surface area is 145 Å². The fourth-order valence-electron chi connectivity index (χ4n) is 2.42. The number of ether oxygens (including phenoxy) is 1. The second-order valence-corrected chi connectivity index (χ2v) is 6.58. The van der Waals surface area contributed by atoms with E-state index >= 15 is 0 Å². The van der Waals surface area contributed by atoms with Gasteiger partial charge in [0.25, 0.3) is 0 Å². The molecule has 0 atom stereocenters. The van der Waals surface area contributed by atoms with E-state index in [1.807, 2.05) is 26.0 Å². The number of aryl methyl sites for hydroxylation is 3. The van der Waals surface area contributed by atoms with Crippen molar-refractivity contribution in [2.24, 2.45) is 0 Å². The minimum absolute atomic E-state index is 0.0681. The van der Waals surface area contributed by atoms with Crippen LogP contribution in [0.2, 0.25) is 0 Å². The van der Waals surface area contributed by atoms with Crippen molar-refractivity contribution in [3.05, 3.63) is 52.5 Å². The van der Waals surface area contributed by atoms with Crippen molar-refractivity contribution in [2.75, 3.05) is 18.2 Å². The number of nitrogens with one attached hydrogen (secondary N) is 1. The molecule has 1 N–H and O–H groups in total. The first kappa shape index (κ1) is 18.1. The second-order valence-electron chi connectivity index (χ2n) is 5.59. The summed E-state index contributed by atoms with van der Waals surface area (Å²) in [5, 5.41) is 2.89. The zero-order valence-corrected chi connectivity index (χ0v) is 15.1. The Balaban J connectivity index is 1.85. The van der Waals surface area contributed by atoms with E-state index in [1.54, 1.807) is 13.0 Å². The van der Waals surface area contributed by atoms with E-state index in [9.17, 15) is 9.59 Å². The molecule has 0 unspecified atom stereocenters. The third-order valence-corrected chi connectivity index (χ3v) is 4.31. The average Bonchev–Trinajstić information content (AvgIpc) is 2.86. The van der Waals surface area contributed by atoms with Crippen molar-refractivity contribution in [2.45, 2.75) is 26.5 Å². The number of esters is 1. The summed E-state index contributed by atoms with van der Waals surface area (Å²) in [4.78, 5) is 23.5. The highest BCUT2D eigenvalue weighted by molar-refractivity contribution is 7.99. The Hall–Kier alpha value is -2.21. The normalized spacial score (nSPS) is 10.5. The van der Waals surface area contributed by atoms with E-state index < -0.39 is 5.97 Å². The number of hydrogen-bond donors (Lipinski definition) is 1. The summed E-state index contributed by atoms with van der Waals surface area (Å²) in [7, 11) is 1.33. The van der Waals surface area contributed by atoms with Gasteiger partial charge in [0.2, 0.25) is 5.91 Å². The first-order chi connectivity index (χ1) is 11.4. The SMILES string of the molecule is COC(=O)c1cc(CSCC(=O)Nc2cc(C)cc(C)c2)oc1C. The quantitative estimate of drug-likeness (QED) is 0.804. The highest BCUT2D eigenvalue weighted by atomic mass is 32.2. The van der Waals surface area contributed by atoms with Crippen LogP contribution in [0.3, 0.4) is 0 Å². The zero-order chi connectivity index (χ0) is 17.7. The van der Waals surface area contributed by atoms with E-state index in [0.29, 0.717) is 28.6 Å². The van der Waals surface area contributed by atoms with E-state index in [0.717, 1.165) is 16.8 Å². The van der Waals surface area contributed by atoms with Crippen LogP contribution >= 0.6 is 11.8 Å². The summed E-state index contributed by atoms with van der Waals surface area (Å²) < 4.78 is 10.2. The summed E-state index contributed by atoms with van der Waals surface area (Å²) in [5.41, 5.74) is 3.45. The highest BCUT2D eigenvalue weighted by Gasteiger charge is 2.15. The Bertz CT molecular complexity index is 731. The van der Waals surface area contributed by atoms with Gasteiger partial charge in [0.05, 0.1) is 18.6 Å². The number of carbonyl (C=O) groups is 2. The van der Waals surface area contributed by atoms with Crippen LogP contribution in [-0.4, -0.2) is 24.7 Å². The molecule has 0 saturated carbocycles. The molecule has 0 aliphatic heterocycles. The van der Waals surface area contributed by atoms with Crippen LogP contribution in [0.15, 0.2) is 28.7 Å². The molecule has 0 fully saturated rings. The van der Waals surface area contributed by atoms with Crippen molar-refractivity contribution < 1.29 is 18.7 Å². The predicted octanol–water partition coefficient (Wildman–Crippen LogP) is 3.86. The maximum absolute atomic E-state index is 12.0. The van der Waals surface area contributed by atoms with Gasteiger partial charge in [-0.05, 0) is 50.1 Å². The van der Waals surface area contributed by atoms with Crippen molar-refractivity contribution >= 4 is 29.3 Å². The number of carbonyl (C=O) groups excluding carboxylic acids is 2. The van der Waals surface area contributed by atoms with Gasteiger partial charge >= 0.3 is 5.97 Å². The number of amides is 1. The van der Waals surface area contributed by atoms with Gasteiger partial charge in [-0.3, -0.25) is 4.79 Å². The Morgan fingerprint density at radius 2 is 1.79 bits per heavy atom. The van der Waals surface area contributed by atoms with Gasteiger partial charge in [-0.1, -0.05) is 6.07 Å². The van der Waals surface area contributed by atoms with Gasteiger partial charge in [0.1, 0.15) is 17.1 Å². The average molecular weight is 347 g/mol. The van der Waals surface area contributed by atoms with Crippen molar-refractivity contribution in [3.63, 3.8) is 0 Å². The van der Waals surface area contributed by atoms with Crippen LogP contribution in [0.4, 0.5) is 5.69 Å². The topological polar surface area (TPSA) is 68.5 Å². The molecule has 1 aromatic heterocycles. The standard InChI is InChI=1S/C18H21NO4S/c1-11-5-12(2)7-14(6-11)19-17(20)10-24-9-15-8-16(13(3)23-15)18(21)22-4/h5-8H,9-10H2,1-4H3,(H,19,20). The number of rotatable bonds is 6. The molecule has 1 aromatic carbocycles. The molecule has 0 saturated heterocycles. The number of anilines is 1. The van der Waals surface area contributed by atoms with Crippen molar-refractivity contribution in [3.8, 4) is 0 Å². The maximum Gasteiger partial charge on any atom is 0.341 e. The van der Waals surface area contributed by atoms with E-state index in [1.165, 1.54) is 18.9 Å². The molecule has 0 aliphatic carbocycles. The van der Waals surface area contributed by atoms with Gasteiger partial charge < -0.3 is 14.5 Å². The minimum Gasteiger partial charge on any atom is -0.465 e. The van der Waals surface area contributed by atoms with Crippen molar-refractivity contribution in [1.82, 2.24) is 0 Å². The first-order valence-corrected chi connectivity index (χ1v) is 8.68. The van der Waals surface area contributed by atoms with Crippen molar-refractivity contribution in [1.29, 1.82) is 0 Å². The van der Waals surface area contributed by atoms with Gasteiger partial charge in [0.15, 0.2) is 0 Å². The summed E-state index contributed by atoms with van der Waals surface area (Å²) >= 11 is 1.43. The number of furan rings is 1. The molecule has 1 amide bonds. The lowest BCUT2D eigenvalue weighted by Gasteiger charge is -2.07. The largest absolute Gasteiger partial charge is 0.465 e. The third kappa shape index (κ3) is 4.89. The molecular formula is C18H21NO4S. The van der Waals surface area contributed by atoms with E-state index in [2.05, 4.69) is 16.1 Å². The summed E-state index contributed by atoms with van der Waals surface area (Å²) in [5.74, 6) is 1.51. The number of benzene rings is 1. The summed E-state index contributed by atoms with van der Waals surface area (Å²) in [6.45, 7) is 5.71. The fraction of sp³-hybridized carbons (Fsp3) is 0.333. The third-order valence-electron chi connectivity index (χ3n) is 3.36. The van der Waals surface area contributed by atoms with E-state index in [4.69, 9.17) is 4.42 Å². The first-order valence-electron chi connectivity index (χ1n) is 7.52. The Kier molecular flexibility index (Phi) is 6.09. The molecule has 0 bridgehead atoms. The molecule has 128 valence electrons. The van der Waals surface area contributed by atoms with Crippen LogP contribution in [0.1, 0.15) is 33.0 Å². The zero-order valence-electron chi connectivity index (χ0n) is 14.3. The molecule has 6 heteroatoms. The van der Waals surface area contributed by atoms with Gasteiger partial charge in [-0.25, -0.2) is 4.79 Å². The van der Waals surface area contributed by atoms with Crippen LogP contribution in [0.5, 0.6) is 0 Å². The molecule has 2 aromatic rings. The lowest BCUT2D eigenvalue weighted by atomic mass is 10.1. The minimum atomic E-state index is -0.417. The smallest absolute Gasteiger partial charge is 0.341 e. The fourth-order valence-corrected chi connectivity index (χ4v) is 3.12. The second kappa shape index (κ2) is 8.06. The molecule has 24 heavy (non-hydrogen) atoms. The van der Waals surface area contributed by atoms with Gasteiger partial charge in [-0.15, -0.1) is 11.8 Å². The molecule has 0 aliphatic rings. The van der Waals surface area contributed by atoms with Gasteiger partial charge in [-0.2, -0.15) is 0 Å². The van der Waals surface area contributed by atoms with Crippen LogP contribution in [-0.2, 0) is 15.3 Å². The molecule has 0 radical (unpaired) electrons. The van der Waals surface area contributed by atoms with Crippen LogP contribution < -0.4 is 5.32 Å². The molecular weight excluding hydrogens is 326 g/mol. The monoisotopic (exact) mass is 347 g/mol. The Morgan fingerprint density at radius 1 is 1.12 bits per heavy atom. The Morgan fingerprint density at radius 3 is 2.42 bits per heavy atom. The van der Waals surface area contributed by atoms with Gasteiger partial charge in [0, 0.05) is 5.69 Å². The predicted molar refractivity (Wildman–Crippen MR) is 95.5 cm³/mol. The summed E-state index contributed by atoms with van der Waals surface area (Å²) in [6, 6.07) is 7.60. The summed E-state index contributed by atoms with van der Waals surface area (Å²) in [6.07, 6.45) is 0. The number of thioether (sulfide) groups is 1. The van der Waals surface area contributed by atoms with Crippen LogP contribution in [0, 0.1) is 20.8 Å². The maximum atomic E-state index is 12.0. The molecule has 1 heterocycles. The van der Waals surface area contributed by atoms with E-state index in [-0.39, 0.29) is 5.91 Å². The molecule has 5 nitrogen and oxygen atoms in total. The lowest BCUT2D eigenvalue weighted by Crippen LogP contribution is -2.14. The molecule has 0 spiro atoms. The highest BCUT2D eigenvalue weighted by Crippen LogP contribution is 2.21. The van der Waals surface area contributed by atoms with Crippen LogP contribution in [0.25, 0.3) is 0 Å².